The van der Waals surface area contributed by atoms with E-state index in [1.165, 1.54) is 13.8 Å². The number of benzene rings is 2. The number of fused-ring (bicyclic) bond motifs is 1. The van der Waals surface area contributed by atoms with E-state index in [4.69, 9.17) is 0 Å². The van der Waals surface area contributed by atoms with E-state index in [2.05, 4.69) is 10.3 Å². The van der Waals surface area contributed by atoms with Crippen LogP contribution in [-0.2, 0) is 9.59 Å². The maximum Gasteiger partial charge on any atom is 0.226 e. The molecule has 3 aromatic rings. The lowest BCUT2D eigenvalue weighted by Crippen LogP contribution is -2.32. The number of nitrogens with one attached hydrogen (secondary N) is 1. The van der Waals surface area contributed by atoms with E-state index in [0.717, 1.165) is 10.9 Å². The number of carbonyl (C=O) groups excluding carboxylic acids is 3. The Morgan fingerprint density at radius 2 is 1.75 bits per heavy atom. The summed E-state index contributed by atoms with van der Waals surface area (Å²) >= 11 is 0. The van der Waals surface area contributed by atoms with Gasteiger partial charge < -0.3 is 10.2 Å². The number of nitrogens with zero attached hydrogens (tertiary/aromatic N) is 2. The van der Waals surface area contributed by atoms with Crippen LogP contribution < -0.4 is 10.2 Å². The molecule has 0 aliphatic carbocycles. The van der Waals surface area contributed by atoms with Gasteiger partial charge in [0, 0.05) is 42.7 Å². The fourth-order valence-electron chi connectivity index (χ4n) is 3.01. The molecule has 2 aromatic carbocycles. The highest BCUT2D eigenvalue weighted by atomic mass is 16.2. The molecule has 6 heteroatoms. The first-order valence-corrected chi connectivity index (χ1v) is 8.98. The highest BCUT2D eigenvalue weighted by Crippen LogP contribution is 2.25. The fourth-order valence-corrected chi connectivity index (χ4v) is 3.01. The van der Waals surface area contributed by atoms with E-state index in [1.54, 1.807) is 35.4 Å². The van der Waals surface area contributed by atoms with Crippen molar-refractivity contribution in [2.75, 3.05) is 16.8 Å². The molecule has 0 saturated heterocycles. The molecular weight excluding hydrogens is 354 g/mol. The zero-order valence-corrected chi connectivity index (χ0v) is 15.8. The minimum atomic E-state index is -0.236. The van der Waals surface area contributed by atoms with E-state index >= 15 is 0 Å². The van der Waals surface area contributed by atoms with Crippen LogP contribution >= 0.6 is 0 Å². The van der Waals surface area contributed by atoms with E-state index in [0.29, 0.717) is 16.9 Å². The third kappa shape index (κ3) is 4.40. The van der Waals surface area contributed by atoms with Crippen LogP contribution in [0.5, 0.6) is 0 Å². The van der Waals surface area contributed by atoms with E-state index in [-0.39, 0.29) is 30.6 Å². The Bertz CT molecular complexity index is 1040. The third-order valence-electron chi connectivity index (χ3n) is 4.40. The van der Waals surface area contributed by atoms with Crippen molar-refractivity contribution in [3.8, 4) is 0 Å². The van der Waals surface area contributed by atoms with Gasteiger partial charge in [0.15, 0.2) is 5.78 Å². The Morgan fingerprint density at radius 3 is 2.50 bits per heavy atom. The van der Waals surface area contributed by atoms with Crippen LogP contribution in [-0.4, -0.2) is 29.1 Å². The van der Waals surface area contributed by atoms with Crippen molar-refractivity contribution < 1.29 is 14.4 Å². The van der Waals surface area contributed by atoms with Crippen LogP contribution in [0.2, 0.25) is 0 Å². The SMILES string of the molecule is CC(=O)c1cccc(NC(=O)CCN(C(C)=O)c2cccc3cccnc23)c1. The van der Waals surface area contributed by atoms with Crippen molar-refractivity contribution in [2.24, 2.45) is 0 Å². The van der Waals surface area contributed by atoms with Crippen molar-refractivity contribution in [1.29, 1.82) is 0 Å². The standard InChI is InChI=1S/C22H21N3O3/c1-15(26)18-7-3-9-19(14-18)24-21(28)11-13-25(16(2)27)20-10-4-6-17-8-5-12-23-22(17)20/h3-10,12,14H,11,13H2,1-2H3,(H,24,28). The number of para-hydroxylation sites is 1. The predicted octanol–water partition coefficient (Wildman–Crippen LogP) is 3.82. The monoisotopic (exact) mass is 375 g/mol. The molecule has 1 aromatic heterocycles. The number of carbonyl (C=O) groups is 3. The predicted molar refractivity (Wildman–Crippen MR) is 109 cm³/mol. The molecule has 28 heavy (non-hydrogen) atoms. The zero-order chi connectivity index (χ0) is 20.1. The van der Waals surface area contributed by atoms with Crippen molar-refractivity contribution in [3.63, 3.8) is 0 Å². The molecule has 0 fully saturated rings. The smallest absolute Gasteiger partial charge is 0.226 e. The van der Waals surface area contributed by atoms with Crippen LogP contribution in [0.3, 0.4) is 0 Å². The van der Waals surface area contributed by atoms with Gasteiger partial charge in [0.1, 0.15) is 0 Å². The van der Waals surface area contributed by atoms with Gasteiger partial charge >= 0.3 is 0 Å². The first-order valence-electron chi connectivity index (χ1n) is 8.98. The Balaban J connectivity index is 1.73. The second-order valence-electron chi connectivity index (χ2n) is 6.46. The number of amides is 2. The van der Waals surface area contributed by atoms with Crippen LogP contribution in [0.15, 0.2) is 60.8 Å². The highest BCUT2D eigenvalue weighted by Gasteiger charge is 2.16. The Hall–Kier alpha value is -3.54. The van der Waals surface area contributed by atoms with Crippen molar-refractivity contribution in [1.82, 2.24) is 4.98 Å². The summed E-state index contributed by atoms with van der Waals surface area (Å²) in [5.41, 5.74) is 2.48. The number of rotatable bonds is 6. The average Bonchev–Trinajstić information content (AvgIpc) is 2.68. The Morgan fingerprint density at radius 1 is 1.00 bits per heavy atom. The number of ketones is 1. The summed E-state index contributed by atoms with van der Waals surface area (Å²) in [5.74, 6) is -0.466. The van der Waals surface area contributed by atoms with Gasteiger partial charge in [-0.25, -0.2) is 0 Å². The molecule has 3 rings (SSSR count). The molecule has 1 N–H and O–H groups in total. The number of Topliss-reactive ketones (excluding diaryl/α,β-unsaturated/α-hetero) is 1. The minimum Gasteiger partial charge on any atom is -0.326 e. The molecule has 0 atom stereocenters. The van der Waals surface area contributed by atoms with Gasteiger partial charge in [-0.2, -0.15) is 0 Å². The normalized spacial score (nSPS) is 10.5. The minimum absolute atomic E-state index is 0.0673. The summed E-state index contributed by atoms with van der Waals surface area (Å²) in [6, 6.07) is 16.2. The molecule has 1 heterocycles. The topological polar surface area (TPSA) is 79.4 Å². The molecule has 0 bridgehead atoms. The van der Waals surface area contributed by atoms with Gasteiger partial charge in [0.25, 0.3) is 0 Å². The molecule has 0 aliphatic heterocycles. The second-order valence-corrected chi connectivity index (χ2v) is 6.46. The second kappa shape index (κ2) is 8.43. The van der Waals surface area contributed by atoms with Gasteiger partial charge in [-0.15, -0.1) is 0 Å². The number of pyridine rings is 1. The summed E-state index contributed by atoms with van der Waals surface area (Å²) in [5, 5.41) is 3.70. The lowest BCUT2D eigenvalue weighted by molar-refractivity contribution is -0.117. The molecule has 2 amide bonds. The quantitative estimate of drug-likeness (QED) is 0.664. The third-order valence-corrected chi connectivity index (χ3v) is 4.40. The van der Waals surface area contributed by atoms with Gasteiger partial charge in [-0.05, 0) is 31.2 Å². The molecule has 0 saturated carbocycles. The van der Waals surface area contributed by atoms with Crippen molar-refractivity contribution in [2.45, 2.75) is 20.3 Å². The molecule has 6 nitrogen and oxygen atoms in total. The van der Waals surface area contributed by atoms with Gasteiger partial charge in [-0.1, -0.05) is 30.3 Å². The van der Waals surface area contributed by atoms with Crippen LogP contribution in [0.4, 0.5) is 11.4 Å². The molecule has 0 aliphatic rings. The molecule has 0 radical (unpaired) electrons. The average molecular weight is 375 g/mol. The van der Waals surface area contributed by atoms with Crippen LogP contribution in [0.1, 0.15) is 30.6 Å². The summed E-state index contributed by atoms with van der Waals surface area (Å²) < 4.78 is 0. The zero-order valence-electron chi connectivity index (χ0n) is 15.8. The molecule has 0 spiro atoms. The lowest BCUT2D eigenvalue weighted by Gasteiger charge is -2.22. The van der Waals surface area contributed by atoms with E-state index in [1.807, 2.05) is 30.3 Å². The summed E-state index contributed by atoms with van der Waals surface area (Å²) in [4.78, 5) is 42.0. The van der Waals surface area contributed by atoms with Crippen LogP contribution in [0.25, 0.3) is 10.9 Å². The number of anilines is 2. The highest BCUT2D eigenvalue weighted by molar-refractivity contribution is 6.02. The Kier molecular flexibility index (Phi) is 5.79. The summed E-state index contributed by atoms with van der Waals surface area (Å²) in [7, 11) is 0. The molecule has 0 unspecified atom stereocenters. The summed E-state index contributed by atoms with van der Waals surface area (Å²) in [6.07, 6.45) is 1.80. The first-order chi connectivity index (χ1) is 13.5. The van der Waals surface area contributed by atoms with Crippen LogP contribution in [0, 0.1) is 0 Å². The van der Waals surface area contributed by atoms with Gasteiger partial charge in [0.2, 0.25) is 11.8 Å². The fraction of sp³-hybridized carbons (Fsp3) is 0.182. The van der Waals surface area contributed by atoms with Gasteiger partial charge in [-0.3, -0.25) is 19.4 Å². The van der Waals surface area contributed by atoms with E-state index < -0.39 is 0 Å². The summed E-state index contributed by atoms with van der Waals surface area (Å²) in [6.45, 7) is 3.17. The van der Waals surface area contributed by atoms with Gasteiger partial charge in [0.05, 0.1) is 11.2 Å². The number of aromatic nitrogens is 1. The maximum absolute atomic E-state index is 12.4. The van der Waals surface area contributed by atoms with Crippen molar-refractivity contribution >= 4 is 39.9 Å². The van der Waals surface area contributed by atoms with E-state index in [9.17, 15) is 14.4 Å². The Labute approximate surface area is 163 Å². The molecule has 142 valence electrons. The number of hydrogen-bond acceptors (Lipinski definition) is 4. The molecular formula is C22H21N3O3. The lowest BCUT2D eigenvalue weighted by atomic mass is 10.1. The number of hydrogen-bond donors (Lipinski definition) is 1. The largest absolute Gasteiger partial charge is 0.326 e. The maximum atomic E-state index is 12.4. The first kappa shape index (κ1) is 19.2. The van der Waals surface area contributed by atoms with Crippen molar-refractivity contribution in [3.05, 3.63) is 66.4 Å².